The Balaban J connectivity index is 1.62. The molecule has 4 aromatic carbocycles. The average Bonchev–Trinajstić information content (AvgIpc) is 2.97. The predicted molar refractivity (Wildman–Crippen MR) is 169 cm³/mol. The molecule has 0 amide bonds. The fourth-order valence-electron chi connectivity index (χ4n) is 5.00. The summed E-state index contributed by atoms with van der Waals surface area (Å²) in [7, 11) is -7.81. The van der Waals surface area contributed by atoms with Gasteiger partial charge in [0.05, 0.1) is 9.79 Å². The van der Waals surface area contributed by atoms with Crippen LogP contribution < -0.4 is 9.44 Å². The summed E-state index contributed by atoms with van der Waals surface area (Å²) in [5.41, 5.74) is 4.22. The van der Waals surface area contributed by atoms with E-state index in [1.807, 2.05) is 74.5 Å². The predicted octanol–water partition coefficient (Wildman–Crippen LogP) is 6.34. The Labute approximate surface area is 251 Å². The highest BCUT2D eigenvalue weighted by Gasteiger charge is 2.30. The van der Waals surface area contributed by atoms with Crippen LogP contribution in [-0.4, -0.2) is 28.9 Å². The van der Waals surface area contributed by atoms with Crippen molar-refractivity contribution in [3.63, 3.8) is 0 Å². The molecule has 0 aliphatic rings. The molecule has 2 atom stereocenters. The zero-order valence-corrected chi connectivity index (χ0v) is 25.9. The van der Waals surface area contributed by atoms with Crippen LogP contribution in [0.5, 0.6) is 0 Å². The van der Waals surface area contributed by atoms with Crippen LogP contribution in [0.15, 0.2) is 119 Å². The van der Waals surface area contributed by atoms with Crippen molar-refractivity contribution in [2.75, 3.05) is 0 Å². The first-order valence-electron chi connectivity index (χ1n) is 14.4. The monoisotopic (exact) mass is 604 g/mol. The molecule has 4 rings (SSSR count). The molecule has 0 saturated carbocycles. The van der Waals surface area contributed by atoms with E-state index in [-0.39, 0.29) is 9.79 Å². The molecule has 42 heavy (non-hydrogen) atoms. The van der Waals surface area contributed by atoms with Gasteiger partial charge in [0.25, 0.3) is 0 Å². The molecule has 0 aliphatic heterocycles. The first-order valence-corrected chi connectivity index (χ1v) is 17.3. The second-order valence-electron chi connectivity index (χ2n) is 10.8. The molecule has 0 unspecified atom stereocenters. The van der Waals surface area contributed by atoms with Gasteiger partial charge in [-0.3, -0.25) is 0 Å². The summed E-state index contributed by atoms with van der Waals surface area (Å²) < 4.78 is 60.1. The van der Waals surface area contributed by atoms with Gasteiger partial charge in [0, 0.05) is 12.1 Å². The lowest BCUT2D eigenvalue weighted by Crippen LogP contribution is -2.51. The van der Waals surface area contributed by atoms with Crippen LogP contribution in [0.2, 0.25) is 0 Å². The number of aryl methyl sites for hydroxylation is 4. The molecule has 0 aromatic heterocycles. The van der Waals surface area contributed by atoms with Gasteiger partial charge in [-0.1, -0.05) is 96.1 Å². The maximum atomic E-state index is 13.6. The maximum absolute atomic E-state index is 13.6. The molecule has 0 saturated heterocycles. The lowest BCUT2D eigenvalue weighted by atomic mass is 9.96. The van der Waals surface area contributed by atoms with Crippen LogP contribution in [0.25, 0.3) is 0 Å². The molecule has 4 aromatic rings. The normalized spacial score (nSPS) is 13.5. The smallest absolute Gasteiger partial charge is 0.207 e. The Morgan fingerprint density at radius 2 is 0.833 bits per heavy atom. The molecular weight excluding hydrogens is 565 g/mol. The standard InChI is InChI=1S/C34H40N2O4S2/c1-27-19-23-31(24-20-27)41(37,38)35-33(17-9-15-29-11-5-3-6-12-29)34(18-10-16-30-13-7-4-8-14-30)36-42(39,40)32-25-21-28(2)22-26-32/h3-8,11-14,19-26,33-36H,9-10,15-18H2,1-2H3/t33-,34-/m0/s1. The van der Waals surface area contributed by atoms with Gasteiger partial charge in [-0.05, 0) is 87.8 Å². The summed E-state index contributed by atoms with van der Waals surface area (Å²) >= 11 is 0. The van der Waals surface area contributed by atoms with E-state index in [2.05, 4.69) is 9.44 Å². The fraction of sp³-hybridized carbons (Fsp3) is 0.294. The molecule has 0 aliphatic carbocycles. The third-order valence-electron chi connectivity index (χ3n) is 7.41. The van der Waals surface area contributed by atoms with Crippen LogP contribution in [0, 0.1) is 13.8 Å². The molecule has 222 valence electrons. The van der Waals surface area contributed by atoms with Crippen molar-refractivity contribution in [2.45, 2.75) is 74.2 Å². The van der Waals surface area contributed by atoms with E-state index in [9.17, 15) is 16.8 Å². The minimum atomic E-state index is -3.90. The highest BCUT2D eigenvalue weighted by molar-refractivity contribution is 7.90. The number of sulfonamides is 2. The van der Waals surface area contributed by atoms with Crippen LogP contribution in [-0.2, 0) is 32.9 Å². The number of nitrogens with one attached hydrogen (secondary N) is 2. The largest absolute Gasteiger partial charge is 0.240 e. The number of hydrogen-bond donors (Lipinski definition) is 2. The second kappa shape index (κ2) is 14.7. The lowest BCUT2D eigenvalue weighted by Gasteiger charge is -2.29. The second-order valence-corrected chi connectivity index (χ2v) is 14.3. The SMILES string of the molecule is Cc1ccc(S(=O)(=O)N[C@@H](CCCc2ccccc2)[C@H](CCCc2ccccc2)NS(=O)(=O)c2ccc(C)cc2)cc1. The third kappa shape index (κ3) is 9.36. The number of rotatable bonds is 15. The van der Waals surface area contributed by atoms with Crippen LogP contribution >= 0.6 is 0 Å². The van der Waals surface area contributed by atoms with Crippen LogP contribution in [0.4, 0.5) is 0 Å². The molecule has 0 radical (unpaired) electrons. The van der Waals surface area contributed by atoms with E-state index in [4.69, 9.17) is 0 Å². The zero-order chi connectivity index (χ0) is 30.0. The Morgan fingerprint density at radius 3 is 1.17 bits per heavy atom. The molecule has 8 heteroatoms. The van der Waals surface area contributed by atoms with Gasteiger partial charge in [0.1, 0.15) is 0 Å². The van der Waals surface area contributed by atoms with Gasteiger partial charge in [0.2, 0.25) is 20.0 Å². The van der Waals surface area contributed by atoms with Gasteiger partial charge in [-0.2, -0.15) is 0 Å². The summed E-state index contributed by atoms with van der Waals surface area (Å²) in [6.07, 6.45) is 3.81. The van der Waals surface area contributed by atoms with Gasteiger partial charge < -0.3 is 0 Å². The molecule has 2 N–H and O–H groups in total. The summed E-state index contributed by atoms with van der Waals surface area (Å²) in [6, 6.07) is 32.1. The topological polar surface area (TPSA) is 92.3 Å². The summed E-state index contributed by atoms with van der Waals surface area (Å²) in [4.78, 5) is 0.316. The molecular formula is C34H40N2O4S2. The van der Waals surface area contributed by atoms with Crippen molar-refractivity contribution in [1.29, 1.82) is 0 Å². The van der Waals surface area contributed by atoms with Gasteiger partial charge in [-0.15, -0.1) is 0 Å². The molecule has 0 heterocycles. The Kier molecular flexibility index (Phi) is 11.1. The Bertz CT molecular complexity index is 1480. The van der Waals surface area contributed by atoms with E-state index < -0.39 is 32.1 Å². The van der Waals surface area contributed by atoms with Crippen molar-refractivity contribution >= 4 is 20.0 Å². The third-order valence-corrected chi connectivity index (χ3v) is 10.4. The minimum absolute atomic E-state index is 0.158. The van der Waals surface area contributed by atoms with E-state index in [1.165, 1.54) is 0 Å². The van der Waals surface area contributed by atoms with E-state index in [0.29, 0.717) is 25.7 Å². The van der Waals surface area contributed by atoms with Crippen LogP contribution in [0.1, 0.15) is 47.9 Å². The van der Waals surface area contributed by atoms with Crippen LogP contribution in [0.3, 0.4) is 0 Å². The first-order chi connectivity index (χ1) is 20.1. The van der Waals surface area contributed by atoms with Crippen molar-refractivity contribution in [1.82, 2.24) is 9.44 Å². The molecule has 0 bridgehead atoms. The maximum Gasteiger partial charge on any atom is 0.240 e. The Morgan fingerprint density at radius 1 is 0.500 bits per heavy atom. The average molecular weight is 605 g/mol. The van der Waals surface area contributed by atoms with Gasteiger partial charge in [-0.25, -0.2) is 26.3 Å². The number of benzene rings is 4. The first kappa shape index (κ1) is 31.6. The summed E-state index contributed by atoms with van der Waals surface area (Å²) in [5, 5.41) is 0. The number of hydrogen-bond acceptors (Lipinski definition) is 4. The van der Waals surface area contributed by atoms with Crippen molar-refractivity contribution in [2.24, 2.45) is 0 Å². The van der Waals surface area contributed by atoms with E-state index in [1.54, 1.807) is 48.5 Å². The van der Waals surface area contributed by atoms with E-state index in [0.717, 1.165) is 35.1 Å². The highest BCUT2D eigenvalue weighted by atomic mass is 32.2. The molecule has 0 spiro atoms. The molecule has 0 fully saturated rings. The van der Waals surface area contributed by atoms with Gasteiger partial charge in [0.15, 0.2) is 0 Å². The van der Waals surface area contributed by atoms with Crippen molar-refractivity contribution in [3.05, 3.63) is 131 Å². The summed E-state index contributed by atoms with van der Waals surface area (Å²) in [5.74, 6) is 0. The Hall–Kier alpha value is -3.30. The van der Waals surface area contributed by atoms with Gasteiger partial charge >= 0.3 is 0 Å². The van der Waals surface area contributed by atoms with E-state index >= 15 is 0 Å². The highest BCUT2D eigenvalue weighted by Crippen LogP contribution is 2.20. The summed E-state index contributed by atoms with van der Waals surface area (Å²) in [6.45, 7) is 3.80. The minimum Gasteiger partial charge on any atom is -0.207 e. The van der Waals surface area contributed by atoms with Crippen molar-refractivity contribution < 1.29 is 16.8 Å². The fourth-order valence-corrected chi connectivity index (χ4v) is 7.62. The lowest BCUT2D eigenvalue weighted by molar-refractivity contribution is 0.391. The van der Waals surface area contributed by atoms with Crippen molar-refractivity contribution in [3.8, 4) is 0 Å². The molecule has 6 nitrogen and oxygen atoms in total. The zero-order valence-electron chi connectivity index (χ0n) is 24.2. The quantitative estimate of drug-likeness (QED) is 0.166.